The quantitative estimate of drug-likeness (QED) is 0.0292. The number of likely N-dealkylation sites (tertiary alicyclic amines) is 1. The maximum atomic E-state index is 13.5. The number of benzene rings is 3. The van der Waals surface area contributed by atoms with E-state index in [1.807, 2.05) is 117 Å². The summed E-state index contributed by atoms with van der Waals surface area (Å²) in [4.78, 5) is 77.8. The van der Waals surface area contributed by atoms with Crippen molar-refractivity contribution in [1.82, 2.24) is 40.1 Å². The first-order valence-corrected chi connectivity index (χ1v) is 29.4. The van der Waals surface area contributed by atoms with Gasteiger partial charge in [0.2, 0.25) is 27.7 Å². The molecule has 22 heteroatoms. The van der Waals surface area contributed by atoms with Gasteiger partial charge in [0.05, 0.1) is 65.0 Å². The molecule has 416 valence electrons. The van der Waals surface area contributed by atoms with Crippen molar-refractivity contribution in [3.05, 3.63) is 136 Å². The molecule has 0 radical (unpaired) electrons. The highest BCUT2D eigenvalue weighted by atomic mass is 32.2. The number of carbonyl (C=O) groups excluding carboxylic acids is 5. The molecule has 3 aromatic carbocycles. The zero-order valence-corrected chi connectivity index (χ0v) is 46.9. The van der Waals surface area contributed by atoms with Crippen molar-refractivity contribution in [2.75, 3.05) is 24.7 Å². The van der Waals surface area contributed by atoms with E-state index >= 15 is 0 Å². The Morgan fingerprint density at radius 3 is 2.12 bits per heavy atom. The predicted molar refractivity (Wildman–Crippen MR) is 300 cm³/mol. The summed E-state index contributed by atoms with van der Waals surface area (Å²) in [5, 5.41) is 38.8. The topological polar surface area (TPSA) is 263 Å². The second-order valence-corrected chi connectivity index (χ2v) is 24.1. The van der Waals surface area contributed by atoms with E-state index in [0.29, 0.717) is 36.6 Å². The largest absolute Gasteiger partial charge is 0.392 e. The first kappa shape index (κ1) is 59.0. The van der Waals surface area contributed by atoms with Gasteiger partial charge in [0.25, 0.3) is 11.8 Å². The third-order valence-electron chi connectivity index (χ3n) is 13.3. The molecule has 19 nitrogen and oxygen atoms in total. The molecule has 1 fully saturated rings. The summed E-state index contributed by atoms with van der Waals surface area (Å²) in [6, 6.07) is 23.4. The summed E-state index contributed by atoms with van der Waals surface area (Å²) < 4.78 is 30.8. The maximum Gasteiger partial charge on any atom is 0.253 e. The van der Waals surface area contributed by atoms with Gasteiger partial charge in [0, 0.05) is 55.8 Å². The maximum absolute atomic E-state index is 13.5. The van der Waals surface area contributed by atoms with Crippen molar-refractivity contribution >= 4 is 67.4 Å². The zero-order valence-electron chi connectivity index (χ0n) is 44.4. The molecule has 0 spiro atoms. The fraction of sp³-hybridized carbons (Fsp3) is 0.411. The minimum Gasteiger partial charge on any atom is -0.392 e. The molecule has 1 aliphatic heterocycles. The number of hydrogen-bond acceptors (Lipinski definition) is 15. The molecule has 2 unspecified atom stereocenters. The average molecular weight is 1120 g/mol. The number of rotatable bonds is 26. The number of nitrogens with zero attached hydrogens (tertiary/aromatic N) is 4. The van der Waals surface area contributed by atoms with Crippen LogP contribution in [0.2, 0.25) is 0 Å². The van der Waals surface area contributed by atoms with Crippen molar-refractivity contribution in [3.8, 4) is 21.7 Å². The van der Waals surface area contributed by atoms with E-state index < -0.39 is 57.7 Å². The molecule has 0 bridgehead atoms. The van der Waals surface area contributed by atoms with E-state index in [4.69, 9.17) is 4.74 Å². The number of aliphatic hydroxyl groups is 2. The molecule has 3 aromatic heterocycles. The SMILES string of the molecule is Cc1ncsc1-c1ccc(CNC(=O)[C@@H]2C[C@@H](O)CN2C(O)[C@@H](NC(=O)CCCCCCC(=O)NCc2ccc(COCC(NC(=O)c3ccn(S(C)(=O)=O)c3)C(=O)Nc3nc(-c4ccccc4)cs3)cc2)C(C)(C)C)cc1. The Balaban J connectivity index is 0.800. The van der Waals surface area contributed by atoms with Gasteiger partial charge in [-0.25, -0.2) is 18.4 Å². The molecular weight excluding hydrogens is 1050 g/mol. The molecule has 5 amide bonds. The molecule has 78 heavy (non-hydrogen) atoms. The summed E-state index contributed by atoms with van der Waals surface area (Å²) in [6.07, 6.45) is 4.75. The van der Waals surface area contributed by atoms with Crippen molar-refractivity contribution in [2.24, 2.45) is 5.41 Å². The lowest BCUT2D eigenvalue weighted by molar-refractivity contribution is -0.135. The molecule has 1 aliphatic rings. The Morgan fingerprint density at radius 2 is 1.47 bits per heavy atom. The normalized spacial score (nSPS) is 16.0. The number of nitrogens with one attached hydrogen (secondary N) is 5. The highest BCUT2D eigenvalue weighted by molar-refractivity contribution is 7.89. The van der Waals surface area contributed by atoms with Gasteiger partial charge < -0.3 is 41.5 Å². The van der Waals surface area contributed by atoms with E-state index in [1.165, 1.54) is 29.8 Å². The lowest BCUT2D eigenvalue weighted by Crippen LogP contribution is -2.60. The van der Waals surface area contributed by atoms with Gasteiger partial charge >= 0.3 is 0 Å². The molecule has 5 atom stereocenters. The molecule has 0 saturated carbocycles. The molecule has 6 aromatic rings. The summed E-state index contributed by atoms with van der Waals surface area (Å²) >= 11 is 2.80. The van der Waals surface area contributed by atoms with Gasteiger partial charge in [-0.2, -0.15) is 0 Å². The Bertz CT molecular complexity index is 3080. The van der Waals surface area contributed by atoms with E-state index in [0.717, 1.165) is 61.5 Å². The molecule has 7 rings (SSSR count). The van der Waals surface area contributed by atoms with Crippen LogP contribution in [0.4, 0.5) is 5.13 Å². The van der Waals surface area contributed by atoms with Crippen LogP contribution in [0.25, 0.3) is 21.7 Å². The number of aliphatic hydroxyl groups excluding tert-OH is 2. The van der Waals surface area contributed by atoms with E-state index in [2.05, 4.69) is 36.6 Å². The molecule has 1 saturated heterocycles. The van der Waals surface area contributed by atoms with Crippen LogP contribution in [-0.4, -0.2) is 117 Å². The summed E-state index contributed by atoms with van der Waals surface area (Å²) in [6.45, 7) is 8.25. The van der Waals surface area contributed by atoms with E-state index in [1.54, 1.807) is 16.2 Å². The highest BCUT2D eigenvalue weighted by Crippen LogP contribution is 2.31. The first-order valence-electron chi connectivity index (χ1n) is 25.8. The number of aromatic nitrogens is 3. The number of thiazole rings is 2. The number of hydrogen-bond donors (Lipinski definition) is 7. The predicted octanol–water partition coefficient (Wildman–Crippen LogP) is 6.36. The minimum atomic E-state index is -3.63. The van der Waals surface area contributed by atoms with Crippen LogP contribution in [0, 0.1) is 12.3 Å². The number of carbonyl (C=O) groups is 5. The minimum absolute atomic E-state index is 0.0429. The third-order valence-corrected chi connectivity index (χ3v) is 16.0. The van der Waals surface area contributed by atoms with Crippen LogP contribution < -0.4 is 26.6 Å². The van der Waals surface area contributed by atoms with Crippen molar-refractivity contribution < 1.29 is 47.3 Å². The lowest BCUT2D eigenvalue weighted by atomic mass is 9.84. The second-order valence-electron chi connectivity index (χ2n) is 20.5. The summed E-state index contributed by atoms with van der Waals surface area (Å²) in [7, 11) is -3.63. The van der Waals surface area contributed by atoms with Crippen molar-refractivity contribution in [2.45, 2.75) is 123 Å². The smallest absolute Gasteiger partial charge is 0.253 e. The van der Waals surface area contributed by atoms with Gasteiger partial charge in [0.15, 0.2) is 5.13 Å². The number of unbranched alkanes of at least 4 members (excludes halogenated alkanes) is 3. The average Bonchev–Trinajstić information content (AvgIpc) is 4.27. The fourth-order valence-electron chi connectivity index (χ4n) is 8.89. The van der Waals surface area contributed by atoms with Crippen LogP contribution in [0.1, 0.15) is 98.5 Å². The van der Waals surface area contributed by atoms with Crippen molar-refractivity contribution in [3.63, 3.8) is 0 Å². The first-order chi connectivity index (χ1) is 37.2. The number of ether oxygens (including phenoxy) is 1. The Labute approximate surface area is 463 Å². The Kier molecular flexibility index (Phi) is 20.6. The lowest BCUT2D eigenvalue weighted by Gasteiger charge is -2.40. The number of amides is 5. The van der Waals surface area contributed by atoms with Gasteiger partial charge in [-0.15, -0.1) is 22.7 Å². The molecule has 4 heterocycles. The van der Waals surface area contributed by atoms with E-state index in [9.17, 15) is 42.6 Å². The van der Waals surface area contributed by atoms with Crippen LogP contribution in [0.5, 0.6) is 0 Å². The standard InChI is InChI=1S/C56H69N9O10S3/c1-36-49(77-35-59-36)41-23-21-38(22-24-41)29-58-53(71)46-27-43(66)31-65(46)54(72)50(56(2,3)4)62-48(68)16-12-7-6-11-15-47(67)57-28-37-17-19-39(20-18-37)32-75-33-44(60-51(69)42-25-26-64(30-42)78(5,73)74)52(70)63-55-61-45(34-76-55)40-13-9-8-10-14-40/h8-10,13-14,17-26,30,34-35,43-44,46,50,54,66,72H,6-7,11-12,15-16,27-29,31-33H2,1-5H3,(H,57,67)(H,58,71)(H,60,69)(H,62,68)(H,61,63,70)/t43-,44?,46+,50-,54?/m1/s1. The summed E-state index contributed by atoms with van der Waals surface area (Å²) in [5.41, 5.74) is 7.38. The van der Waals surface area contributed by atoms with Crippen LogP contribution in [0.3, 0.4) is 0 Å². The Morgan fingerprint density at radius 1 is 0.821 bits per heavy atom. The fourth-order valence-corrected chi connectivity index (χ4v) is 11.0. The number of anilines is 1. The van der Waals surface area contributed by atoms with E-state index in [-0.39, 0.29) is 62.4 Å². The highest BCUT2D eigenvalue weighted by Gasteiger charge is 2.45. The number of β-amino-alcohol motifs (C(OH)–C–C–N with tert-alkyl or cyclic N) is 1. The van der Waals surface area contributed by atoms with Crippen LogP contribution in [-0.2, 0) is 53.6 Å². The van der Waals surface area contributed by atoms with Gasteiger partial charge in [-0.05, 0) is 59.9 Å². The summed E-state index contributed by atoms with van der Waals surface area (Å²) in [5.74, 6) is -1.89. The molecular formula is C56H69N9O10S3. The van der Waals surface area contributed by atoms with Gasteiger partial charge in [-0.1, -0.05) is 112 Å². The monoisotopic (exact) mass is 1120 g/mol. The van der Waals surface area contributed by atoms with Gasteiger partial charge in [0.1, 0.15) is 12.3 Å². The molecule has 0 aliphatic carbocycles. The number of aryl methyl sites for hydroxylation is 1. The van der Waals surface area contributed by atoms with Crippen molar-refractivity contribution in [1.29, 1.82) is 0 Å². The zero-order chi connectivity index (χ0) is 56.0. The van der Waals surface area contributed by atoms with Crippen LogP contribution in [0.15, 0.2) is 108 Å². The molecule has 7 N–H and O–H groups in total. The Hall–Kier alpha value is -6.66. The third kappa shape index (κ3) is 16.9. The second kappa shape index (κ2) is 27.3. The van der Waals surface area contributed by atoms with Crippen LogP contribution >= 0.6 is 22.7 Å². The van der Waals surface area contributed by atoms with Gasteiger partial charge in [-0.3, -0.25) is 32.8 Å².